The lowest BCUT2D eigenvalue weighted by Gasteiger charge is -2.32. The van der Waals surface area contributed by atoms with Crippen LogP contribution in [0.5, 0.6) is 0 Å². The van der Waals surface area contributed by atoms with Crippen molar-refractivity contribution in [2.75, 3.05) is 18.5 Å². The molecule has 2 amide bonds. The van der Waals surface area contributed by atoms with Crippen LogP contribution in [-0.2, 0) is 18.9 Å². The molecule has 2 N–H and O–H groups in total. The van der Waals surface area contributed by atoms with E-state index in [9.17, 15) is 18.4 Å². The molecule has 0 aliphatic carbocycles. The minimum absolute atomic E-state index is 0.156. The number of hydrogen-bond donors (Lipinski definition) is 2. The molecule has 0 spiro atoms. The van der Waals surface area contributed by atoms with E-state index in [1.807, 2.05) is 27.7 Å². The number of β-amino-alcohol motifs (C(OH)–C–C–N with tert-alkyl or cyclic N) is 1. The summed E-state index contributed by atoms with van der Waals surface area (Å²) in [5.41, 5.74) is -2.03. The van der Waals surface area contributed by atoms with E-state index in [1.54, 1.807) is 0 Å². The Morgan fingerprint density at radius 2 is 1.64 bits per heavy atom. The van der Waals surface area contributed by atoms with Gasteiger partial charge in [-0.2, -0.15) is 0 Å². The highest BCUT2D eigenvalue weighted by Gasteiger charge is 2.52. The summed E-state index contributed by atoms with van der Waals surface area (Å²) in [4.78, 5) is 24.7. The second-order valence-electron chi connectivity index (χ2n) is 7.65. The molecule has 0 unspecified atom stereocenters. The van der Waals surface area contributed by atoms with Gasteiger partial charge in [0.25, 0.3) is 11.8 Å². The number of aliphatic hydroxyl groups is 1. The average Bonchev–Trinajstić information content (AvgIpc) is 2.97. The molecule has 0 aromatic heterocycles. The number of aliphatic hydroxyl groups excluding tert-OH is 1. The van der Waals surface area contributed by atoms with Crippen LogP contribution in [0.2, 0.25) is 0 Å². The maximum atomic E-state index is 14.6. The van der Waals surface area contributed by atoms with Gasteiger partial charge in [0.05, 0.1) is 24.4 Å². The lowest BCUT2D eigenvalue weighted by molar-refractivity contribution is -0.137. The summed E-state index contributed by atoms with van der Waals surface area (Å²) in [6, 6.07) is 2.11. The van der Waals surface area contributed by atoms with E-state index in [4.69, 9.17) is 14.4 Å². The number of amides is 2. The van der Waals surface area contributed by atoms with Crippen LogP contribution < -0.4 is 10.8 Å². The van der Waals surface area contributed by atoms with Crippen molar-refractivity contribution in [3.05, 3.63) is 35.5 Å². The number of halogens is 2. The van der Waals surface area contributed by atoms with Crippen LogP contribution in [0.4, 0.5) is 14.5 Å². The standard InChI is InChI=1S/C18H21BF2N2O5/c1-17(2)18(3,4)28-19(27-17)10-7-11(20)15(12(21)8-10)22-13-9-14(25)23(5-6-24)16(13)26/h7-9,22,24H,5-6H2,1-4H3. The van der Waals surface area contributed by atoms with Gasteiger partial charge in [-0.3, -0.25) is 14.5 Å². The number of imide groups is 1. The molecule has 0 bridgehead atoms. The molecule has 1 saturated heterocycles. The molecule has 3 rings (SSSR count). The molecule has 0 radical (unpaired) electrons. The average molecular weight is 394 g/mol. The summed E-state index contributed by atoms with van der Waals surface area (Å²) in [5.74, 6) is -3.37. The topological polar surface area (TPSA) is 88.1 Å². The van der Waals surface area contributed by atoms with Gasteiger partial charge in [0.15, 0.2) is 0 Å². The van der Waals surface area contributed by atoms with Crippen LogP contribution in [0.3, 0.4) is 0 Å². The second-order valence-corrected chi connectivity index (χ2v) is 7.65. The van der Waals surface area contributed by atoms with Crippen molar-refractivity contribution in [2.45, 2.75) is 38.9 Å². The van der Waals surface area contributed by atoms with Gasteiger partial charge >= 0.3 is 7.12 Å². The maximum Gasteiger partial charge on any atom is 0.495 e. The summed E-state index contributed by atoms with van der Waals surface area (Å²) in [7, 11) is -0.947. The zero-order valence-electron chi connectivity index (χ0n) is 16.0. The predicted molar refractivity (Wildman–Crippen MR) is 97.6 cm³/mol. The van der Waals surface area contributed by atoms with Crippen LogP contribution in [-0.4, -0.2) is 53.3 Å². The van der Waals surface area contributed by atoms with Crippen molar-refractivity contribution in [3.8, 4) is 0 Å². The Balaban J connectivity index is 1.83. The van der Waals surface area contributed by atoms with E-state index in [0.717, 1.165) is 23.1 Å². The van der Waals surface area contributed by atoms with Gasteiger partial charge in [0.2, 0.25) is 0 Å². The fraction of sp³-hybridized carbons (Fsp3) is 0.444. The highest BCUT2D eigenvalue weighted by atomic mass is 19.1. The van der Waals surface area contributed by atoms with E-state index >= 15 is 0 Å². The normalized spacial score (nSPS) is 20.8. The van der Waals surface area contributed by atoms with Crippen LogP contribution in [0.1, 0.15) is 27.7 Å². The van der Waals surface area contributed by atoms with Crippen molar-refractivity contribution in [3.63, 3.8) is 0 Å². The van der Waals surface area contributed by atoms with Crippen LogP contribution in [0.25, 0.3) is 0 Å². The molecule has 2 heterocycles. The molecule has 1 aromatic carbocycles. The van der Waals surface area contributed by atoms with Crippen molar-refractivity contribution in [1.29, 1.82) is 0 Å². The smallest absolute Gasteiger partial charge is 0.399 e. The minimum atomic E-state index is -0.966. The number of carbonyl (C=O) groups is 2. The molecule has 150 valence electrons. The Kier molecular flexibility index (Phi) is 5.07. The molecular formula is C18H21BF2N2O5. The third kappa shape index (κ3) is 3.43. The van der Waals surface area contributed by atoms with Crippen molar-refractivity contribution in [1.82, 2.24) is 4.90 Å². The van der Waals surface area contributed by atoms with E-state index in [0.29, 0.717) is 0 Å². The Morgan fingerprint density at radius 1 is 1.11 bits per heavy atom. The third-order valence-corrected chi connectivity index (χ3v) is 5.18. The highest BCUT2D eigenvalue weighted by molar-refractivity contribution is 6.62. The fourth-order valence-electron chi connectivity index (χ4n) is 2.87. The van der Waals surface area contributed by atoms with Crippen LogP contribution in [0, 0.1) is 11.6 Å². The first-order chi connectivity index (χ1) is 13.0. The molecular weight excluding hydrogens is 373 g/mol. The number of rotatable bonds is 5. The summed E-state index contributed by atoms with van der Waals surface area (Å²) >= 11 is 0. The van der Waals surface area contributed by atoms with Gasteiger partial charge in [0.1, 0.15) is 23.0 Å². The number of carbonyl (C=O) groups excluding carboxylic acids is 2. The zero-order chi connectivity index (χ0) is 20.9. The first kappa shape index (κ1) is 20.4. The predicted octanol–water partition coefficient (Wildman–Crippen LogP) is 0.921. The summed E-state index contributed by atoms with van der Waals surface area (Å²) < 4.78 is 40.7. The van der Waals surface area contributed by atoms with E-state index in [1.165, 1.54) is 0 Å². The van der Waals surface area contributed by atoms with Gasteiger partial charge in [-0.1, -0.05) is 0 Å². The fourth-order valence-corrected chi connectivity index (χ4v) is 2.87. The Bertz CT molecular complexity index is 833. The maximum absolute atomic E-state index is 14.6. The Hall–Kier alpha value is -2.30. The SMILES string of the molecule is CC1(C)OB(c2cc(F)c(NC3=CC(=O)N(CCO)C3=O)c(F)c2)OC1(C)C. The molecule has 10 heteroatoms. The third-order valence-electron chi connectivity index (χ3n) is 5.18. The van der Waals surface area contributed by atoms with Crippen LogP contribution >= 0.6 is 0 Å². The van der Waals surface area contributed by atoms with Gasteiger partial charge in [-0.15, -0.1) is 0 Å². The largest absolute Gasteiger partial charge is 0.495 e. The van der Waals surface area contributed by atoms with E-state index in [2.05, 4.69) is 5.32 Å². The number of hydrogen-bond acceptors (Lipinski definition) is 6. The minimum Gasteiger partial charge on any atom is -0.399 e. The number of anilines is 1. The summed E-state index contributed by atoms with van der Waals surface area (Å²) in [5, 5.41) is 11.2. The van der Waals surface area contributed by atoms with Gasteiger partial charge in [-0.05, 0) is 45.3 Å². The highest BCUT2D eigenvalue weighted by Crippen LogP contribution is 2.36. The van der Waals surface area contributed by atoms with Crippen LogP contribution in [0.15, 0.2) is 23.9 Å². The van der Waals surface area contributed by atoms with Crippen molar-refractivity contribution in [2.24, 2.45) is 0 Å². The second kappa shape index (κ2) is 6.95. The number of nitrogens with one attached hydrogen (secondary N) is 1. The lowest BCUT2D eigenvalue weighted by atomic mass is 9.79. The van der Waals surface area contributed by atoms with E-state index < -0.39 is 54.1 Å². The number of nitrogens with zero attached hydrogens (tertiary/aromatic N) is 1. The van der Waals surface area contributed by atoms with Gasteiger partial charge < -0.3 is 19.7 Å². The molecule has 1 aromatic rings. The molecule has 0 atom stereocenters. The molecule has 2 aliphatic heterocycles. The quantitative estimate of drug-likeness (QED) is 0.571. The molecule has 28 heavy (non-hydrogen) atoms. The Labute approximate surface area is 161 Å². The molecule has 7 nitrogen and oxygen atoms in total. The summed E-state index contributed by atoms with van der Waals surface area (Å²) in [6.45, 7) is 6.67. The molecule has 2 aliphatic rings. The van der Waals surface area contributed by atoms with Crippen molar-refractivity contribution < 1.29 is 32.8 Å². The molecule has 1 fully saturated rings. The number of benzene rings is 1. The zero-order valence-corrected chi connectivity index (χ0v) is 16.0. The van der Waals surface area contributed by atoms with E-state index in [-0.39, 0.29) is 17.7 Å². The van der Waals surface area contributed by atoms with Crippen molar-refractivity contribution >= 4 is 30.1 Å². The Morgan fingerprint density at radius 3 is 2.14 bits per heavy atom. The lowest BCUT2D eigenvalue weighted by Crippen LogP contribution is -2.41. The van der Waals surface area contributed by atoms with Gasteiger partial charge in [-0.25, -0.2) is 8.78 Å². The monoisotopic (exact) mass is 394 g/mol. The summed E-state index contributed by atoms with van der Waals surface area (Å²) in [6.07, 6.45) is 0.930. The first-order valence-electron chi connectivity index (χ1n) is 8.77. The first-order valence-corrected chi connectivity index (χ1v) is 8.77. The van der Waals surface area contributed by atoms with Gasteiger partial charge in [0, 0.05) is 6.08 Å². The molecule has 0 saturated carbocycles.